The van der Waals surface area contributed by atoms with Crippen LogP contribution >= 0.6 is 0 Å². The van der Waals surface area contributed by atoms with Crippen LogP contribution in [0.2, 0.25) is 0 Å². The highest BCUT2D eigenvalue weighted by Gasteiger charge is 2.13. The number of pyridine rings is 1. The molecular formula is C13H10N2O5. The Morgan fingerprint density at radius 3 is 2.45 bits per heavy atom. The molecule has 0 saturated heterocycles. The number of rotatable bonds is 4. The summed E-state index contributed by atoms with van der Waals surface area (Å²) in [5, 5.41) is 19.4. The molecule has 1 aromatic carbocycles. The van der Waals surface area contributed by atoms with E-state index in [1.165, 1.54) is 29.0 Å². The molecule has 1 aromatic heterocycles. The minimum absolute atomic E-state index is 0.139. The minimum atomic E-state index is -1.04. The monoisotopic (exact) mass is 274 g/mol. The highest BCUT2D eigenvalue weighted by molar-refractivity contribution is 5.87. The maximum atomic E-state index is 11.8. The second-order valence-electron chi connectivity index (χ2n) is 4.09. The smallest absolute Gasteiger partial charge is 0.335 e. The van der Waals surface area contributed by atoms with Crippen molar-refractivity contribution in [3.8, 4) is 0 Å². The van der Waals surface area contributed by atoms with Crippen molar-refractivity contribution in [3.05, 3.63) is 74.2 Å². The van der Waals surface area contributed by atoms with Gasteiger partial charge in [-0.3, -0.25) is 14.9 Å². The zero-order valence-electron chi connectivity index (χ0n) is 10.2. The first-order valence-corrected chi connectivity index (χ1v) is 5.65. The van der Waals surface area contributed by atoms with Crippen LogP contribution in [0, 0.1) is 10.1 Å². The molecule has 2 rings (SSSR count). The summed E-state index contributed by atoms with van der Waals surface area (Å²) in [6.07, 6.45) is 1.44. The fraction of sp³-hybridized carbons (Fsp3) is 0.0769. The van der Waals surface area contributed by atoms with Gasteiger partial charge in [-0.25, -0.2) is 4.79 Å². The van der Waals surface area contributed by atoms with Gasteiger partial charge < -0.3 is 9.67 Å². The summed E-state index contributed by atoms with van der Waals surface area (Å²) in [6, 6.07) is 8.53. The molecule has 0 aliphatic rings. The SMILES string of the molecule is O=C(O)c1ccc(Cn2cccc([N+](=O)[O-])c2=O)cc1. The van der Waals surface area contributed by atoms with Gasteiger partial charge in [0.1, 0.15) is 0 Å². The maximum Gasteiger partial charge on any atom is 0.335 e. The summed E-state index contributed by atoms with van der Waals surface area (Å²) in [7, 11) is 0. The normalized spacial score (nSPS) is 10.2. The van der Waals surface area contributed by atoms with Crippen LogP contribution < -0.4 is 5.56 Å². The van der Waals surface area contributed by atoms with E-state index in [0.29, 0.717) is 5.56 Å². The number of nitro groups is 1. The lowest BCUT2D eigenvalue weighted by Crippen LogP contribution is -2.22. The Balaban J connectivity index is 2.31. The van der Waals surface area contributed by atoms with Crippen molar-refractivity contribution in [3.63, 3.8) is 0 Å². The van der Waals surface area contributed by atoms with Crippen LogP contribution in [0.4, 0.5) is 5.69 Å². The Morgan fingerprint density at radius 1 is 1.25 bits per heavy atom. The lowest BCUT2D eigenvalue weighted by atomic mass is 10.1. The van der Waals surface area contributed by atoms with E-state index in [9.17, 15) is 19.7 Å². The van der Waals surface area contributed by atoms with Crippen molar-refractivity contribution in [1.29, 1.82) is 0 Å². The number of carboxylic acid groups (broad SMARTS) is 1. The predicted molar refractivity (Wildman–Crippen MR) is 69.9 cm³/mol. The van der Waals surface area contributed by atoms with Gasteiger partial charge in [0.15, 0.2) is 0 Å². The number of hydrogen-bond donors (Lipinski definition) is 1. The Kier molecular flexibility index (Phi) is 3.60. The Bertz CT molecular complexity index is 718. The van der Waals surface area contributed by atoms with E-state index in [0.717, 1.165) is 6.07 Å². The number of aromatic carboxylic acids is 1. The molecule has 1 N–H and O–H groups in total. The first kappa shape index (κ1) is 13.5. The minimum Gasteiger partial charge on any atom is -0.478 e. The van der Waals surface area contributed by atoms with Crippen molar-refractivity contribution in [2.45, 2.75) is 6.54 Å². The Labute approximate surface area is 112 Å². The fourth-order valence-electron chi connectivity index (χ4n) is 1.74. The maximum absolute atomic E-state index is 11.8. The molecule has 102 valence electrons. The largest absolute Gasteiger partial charge is 0.478 e. The van der Waals surface area contributed by atoms with Crippen LogP contribution in [-0.4, -0.2) is 20.6 Å². The molecule has 0 aliphatic carbocycles. The van der Waals surface area contributed by atoms with E-state index in [-0.39, 0.29) is 12.1 Å². The molecule has 2 aromatic rings. The molecular weight excluding hydrogens is 264 g/mol. The van der Waals surface area contributed by atoms with Gasteiger partial charge in [-0.05, 0) is 23.8 Å². The third-order valence-electron chi connectivity index (χ3n) is 2.75. The molecule has 20 heavy (non-hydrogen) atoms. The van der Waals surface area contributed by atoms with E-state index in [1.54, 1.807) is 12.1 Å². The van der Waals surface area contributed by atoms with E-state index in [2.05, 4.69) is 0 Å². The third kappa shape index (κ3) is 2.72. The number of aromatic nitrogens is 1. The van der Waals surface area contributed by atoms with Gasteiger partial charge in [-0.2, -0.15) is 0 Å². The van der Waals surface area contributed by atoms with Gasteiger partial charge in [0.05, 0.1) is 17.0 Å². The molecule has 0 aliphatic heterocycles. The number of carbonyl (C=O) groups is 1. The summed E-state index contributed by atoms with van der Waals surface area (Å²) >= 11 is 0. The molecule has 0 bridgehead atoms. The van der Waals surface area contributed by atoms with Gasteiger partial charge >= 0.3 is 17.2 Å². The first-order chi connectivity index (χ1) is 9.49. The third-order valence-corrected chi connectivity index (χ3v) is 2.75. The zero-order chi connectivity index (χ0) is 14.7. The van der Waals surface area contributed by atoms with Crippen LogP contribution in [0.25, 0.3) is 0 Å². The van der Waals surface area contributed by atoms with Crippen molar-refractivity contribution in [1.82, 2.24) is 4.57 Å². The van der Waals surface area contributed by atoms with Crippen LogP contribution in [0.1, 0.15) is 15.9 Å². The quantitative estimate of drug-likeness (QED) is 0.672. The highest BCUT2D eigenvalue weighted by atomic mass is 16.6. The van der Waals surface area contributed by atoms with E-state index < -0.39 is 22.1 Å². The summed E-state index contributed by atoms with van der Waals surface area (Å²) in [6.45, 7) is 0.139. The molecule has 1 heterocycles. The molecule has 0 spiro atoms. The first-order valence-electron chi connectivity index (χ1n) is 5.65. The summed E-state index contributed by atoms with van der Waals surface area (Å²) < 4.78 is 1.20. The summed E-state index contributed by atoms with van der Waals surface area (Å²) in [5.41, 5.74) is -0.368. The summed E-state index contributed by atoms with van der Waals surface area (Å²) in [5.74, 6) is -1.04. The van der Waals surface area contributed by atoms with Crippen LogP contribution in [0.3, 0.4) is 0 Å². The molecule has 7 heteroatoms. The average molecular weight is 274 g/mol. The van der Waals surface area contributed by atoms with Gasteiger partial charge in [-0.15, -0.1) is 0 Å². The van der Waals surface area contributed by atoms with Crippen LogP contribution in [0.5, 0.6) is 0 Å². The Morgan fingerprint density at radius 2 is 1.90 bits per heavy atom. The van der Waals surface area contributed by atoms with Crippen LogP contribution in [0.15, 0.2) is 47.4 Å². The number of nitrogens with zero attached hydrogens (tertiary/aromatic N) is 2. The van der Waals surface area contributed by atoms with Crippen molar-refractivity contribution in [2.75, 3.05) is 0 Å². The highest BCUT2D eigenvalue weighted by Crippen LogP contribution is 2.07. The van der Waals surface area contributed by atoms with Crippen molar-refractivity contribution in [2.24, 2.45) is 0 Å². The molecule has 0 amide bonds. The summed E-state index contributed by atoms with van der Waals surface area (Å²) in [4.78, 5) is 32.5. The number of benzene rings is 1. The van der Waals surface area contributed by atoms with Crippen LogP contribution in [-0.2, 0) is 6.54 Å². The second kappa shape index (κ2) is 5.35. The Hall–Kier alpha value is -2.96. The van der Waals surface area contributed by atoms with Crippen molar-refractivity contribution >= 4 is 11.7 Å². The lowest BCUT2D eigenvalue weighted by Gasteiger charge is -2.05. The second-order valence-corrected chi connectivity index (χ2v) is 4.09. The fourth-order valence-corrected chi connectivity index (χ4v) is 1.74. The lowest BCUT2D eigenvalue weighted by molar-refractivity contribution is -0.386. The van der Waals surface area contributed by atoms with E-state index >= 15 is 0 Å². The van der Waals surface area contributed by atoms with Gasteiger partial charge in [0.25, 0.3) is 0 Å². The molecule has 0 saturated carbocycles. The van der Waals surface area contributed by atoms with E-state index in [1.807, 2.05) is 0 Å². The molecule has 7 nitrogen and oxygen atoms in total. The number of carboxylic acids is 1. The van der Waals surface area contributed by atoms with Crippen molar-refractivity contribution < 1.29 is 14.8 Å². The van der Waals surface area contributed by atoms with Gasteiger partial charge in [0, 0.05) is 12.3 Å². The van der Waals surface area contributed by atoms with E-state index in [4.69, 9.17) is 5.11 Å². The average Bonchev–Trinajstić information content (AvgIpc) is 2.41. The standard InChI is InChI=1S/C13H10N2O5/c16-12-11(15(19)20)2-1-7-14(12)8-9-3-5-10(6-4-9)13(17)18/h1-7H,8H2,(H,17,18). The number of hydrogen-bond acceptors (Lipinski definition) is 4. The molecule has 0 atom stereocenters. The zero-order valence-corrected chi connectivity index (χ0v) is 10.2. The molecule has 0 unspecified atom stereocenters. The molecule has 0 radical (unpaired) electrons. The molecule has 0 fully saturated rings. The predicted octanol–water partition coefficient (Wildman–Crippen LogP) is 1.50. The van der Waals surface area contributed by atoms with Gasteiger partial charge in [-0.1, -0.05) is 12.1 Å². The topological polar surface area (TPSA) is 102 Å². The van der Waals surface area contributed by atoms with Gasteiger partial charge in [0.2, 0.25) is 0 Å².